The second-order valence-corrected chi connectivity index (χ2v) is 7.69. The maximum absolute atomic E-state index is 5.30. The molecule has 28 heavy (non-hydrogen) atoms. The van der Waals surface area contributed by atoms with Crippen LogP contribution >= 0.6 is 0 Å². The van der Waals surface area contributed by atoms with E-state index < -0.39 is 0 Å². The molecule has 152 valence electrons. The predicted octanol–water partition coefficient (Wildman–Crippen LogP) is 4.11. The normalized spacial score (nSPS) is 15.9. The molecule has 5 nitrogen and oxygen atoms in total. The number of aliphatic imine (C=N–C) groups is 1. The molecule has 0 spiro atoms. The molecule has 2 N–H and O–H groups in total. The molecule has 2 aromatic carbocycles. The van der Waals surface area contributed by atoms with Crippen molar-refractivity contribution in [1.29, 1.82) is 0 Å². The average molecular weight is 384 g/mol. The Kier molecular flexibility index (Phi) is 7.15. The first-order valence-corrected chi connectivity index (χ1v) is 10.3. The summed E-state index contributed by atoms with van der Waals surface area (Å²) in [6, 6.07) is 12.6. The summed E-state index contributed by atoms with van der Waals surface area (Å²) in [6.07, 6.45) is 4.98. The van der Waals surface area contributed by atoms with E-state index >= 15 is 0 Å². The first-order chi connectivity index (χ1) is 13.7. The number of hydrogen-bond acceptors (Lipinski definition) is 3. The third kappa shape index (κ3) is 5.16. The fraction of sp³-hybridized carbons (Fsp3) is 0.522. The summed E-state index contributed by atoms with van der Waals surface area (Å²) >= 11 is 0. The lowest BCUT2D eigenvalue weighted by Crippen LogP contribution is -2.46. The molecule has 1 aliphatic rings. The van der Waals surface area contributed by atoms with Crippen molar-refractivity contribution in [2.24, 2.45) is 10.4 Å². The van der Waals surface area contributed by atoms with Crippen LogP contribution in [0, 0.1) is 5.41 Å². The van der Waals surface area contributed by atoms with Crippen LogP contribution in [0.25, 0.3) is 10.8 Å². The summed E-state index contributed by atoms with van der Waals surface area (Å²) in [7, 11) is 3.48. The van der Waals surface area contributed by atoms with Crippen LogP contribution in [0.4, 0.5) is 0 Å². The number of guanidine groups is 1. The third-order valence-electron chi connectivity index (χ3n) is 5.76. The predicted molar refractivity (Wildman–Crippen MR) is 116 cm³/mol. The van der Waals surface area contributed by atoms with Crippen LogP contribution in [0.3, 0.4) is 0 Å². The van der Waals surface area contributed by atoms with E-state index in [9.17, 15) is 0 Å². The monoisotopic (exact) mass is 383 g/mol. The van der Waals surface area contributed by atoms with E-state index in [0.717, 1.165) is 37.8 Å². The quantitative estimate of drug-likeness (QED) is 0.505. The highest BCUT2D eigenvalue weighted by Gasteiger charge is 2.36. The Labute approximate surface area is 168 Å². The molecule has 0 amide bonds. The van der Waals surface area contributed by atoms with Crippen LogP contribution in [0.1, 0.15) is 38.2 Å². The first-order valence-electron chi connectivity index (χ1n) is 10.3. The number of nitrogens with one attached hydrogen (secondary N) is 2. The lowest BCUT2D eigenvalue weighted by atomic mass is 9.67. The van der Waals surface area contributed by atoms with Gasteiger partial charge in [0.15, 0.2) is 5.96 Å². The molecule has 1 aliphatic carbocycles. The van der Waals surface area contributed by atoms with E-state index in [-0.39, 0.29) is 0 Å². The van der Waals surface area contributed by atoms with Crippen molar-refractivity contribution in [3.63, 3.8) is 0 Å². The summed E-state index contributed by atoms with van der Waals surface area (Å²) in [5.41, 5.74) is 1.57. The molecule has 0 bridgehead atoms. The Bertz CT molecular complexity index is 800. The van der Waals surface area contributed by atoms with Gasteiger partial charge in [0.1, 0.15) is 5.75 Å². The minimum atomic E-state index is 0.369. The summed E-state index contributed by atoms with van der Waals surface area (Å²) in [5, 5.41) is 9.33. The highest BCUT2D eigenvalue weighted by Crippen LogP contribution is 2.43. The second-order valence-electron chi connectivity index (χ2n) is 7.69. The van der Waals surface area contributed by atoms with Gasteiger partial charge in [-0.15, -0.1) is 0 Å². The molecule has 0 saturated heterocycles. The highest BCUT2D eigenvalue weighted by molar-refractivity contribution is 5.84. The van der Waals surface area contributed by atoms with Crippen molar-refractivity contribution >= 4 is 16.7 Å². The highest BCUT2D eigenvalue weighted by atomic mass is 16.5. The number of nitrogens with zero attached hydrogens (tertiary/aromatic N) is 1. The van der Waals surface area contributed by atoms with Crippen LogP contribution in [0.2, 0.25) is 0 Å². The molecule has 5 heteroatoms. The minimum Gasteiger partial charge on any atom is -0.497 e. The molecular weight excluding hydrogens is 350 g/mol. The molecule has 0 aromatic heterocycles. The van der Waals surface area contributed by atoms with Crippen molar-refractivity contribution < 1.29 is 9.47 Å². The molecule has 0 atom stereocenters. The zero-order valence-electron chi connectivity index (χ0n) is 17.4. The maximum Gasteiger partial charge on any atom is 0.191 e. The van der Waals surface area contributed by atoms with E-state index in [1.807, 2.05) is 6.07 Å². The van der Waals surface area contributed by atoms with Gasteiger partial charge in [-0.2, -0.15) is 0 Å². The van der Waals surface area contributed by atoms with E-state index in [1.165, 1.54) is 35.6 Å². The second kappa shape index (κ2) is 9.78. The van der Waals surface area contributed by atoms with Gasteiger partial charge in [0, 0.05) is 26.8 Å². The zero-order chi connectivity index (χ0) is 19.8. The SMILES string of the molecule is CCNC(=NCc1ccc2cc(OC)ccc2c1)NCC1(CCOC)CCC1. The molecule has 0 aliphatic heterocycles. The summed E-state index contributed by atoms with van der Waals surface area (Å²) in [4.78, 5) is 4.80. The van der Waals surface area contributed by atoms with Gasteiger partial charge in [-0.25, -0.2) is 4.99 Å². The van der Waals surface area contributed by atoms with Crippen molar-refractivity contribution in [2.45, 2.75) is 39.2 Å². The fourth-order valence-electron chi connectivity index (χ4n) is 3.79. The van der Waals surface area contributed by atoms with Crippen LogP contribution in [0.5, 0.6) is 5.75 Å². The molecule has 3 rings (SSSR count). The largest absolute Gasteiger partial charge is 0.497 e. The molecule has 0 heterocycles. The van der Waals surface area contributed by atoms with Crippen LogP contribution < -0.4 is 15.4 Å². The third-order valence-corrected chi connectivity index (χ3v) is 5.76. The van der Waals surface area contributed by atoms with Gasteiger partial charge in [-0.05, 0) is 66.1 Å². The number of methoxy groups -OCH3 is 2. The van der Waals surface area contributed by atoms with Gasteiger partial charge >= 0.3 is 0 Å². The van der Waals surface area contributed by atoms with Gasteiger partial charge in [0.2, 0.25) is 0 Å². The Morgan fingerprint density at radius 3 is 2.54 bits per heavy atom. The number of benzene rings is 2. The number of hydrogen-bond donors (Lipinski definition) is 2. The Balaban J connectivity index is 1.64. The Hall–Kier alpha value is -2.27. The number of fused-ring (bicyclic) bond motifs is 1. The minimum absolute atomic E-state index is 0.369. The lowest BCUT2D eigenvalue weighted by molar-refractivity contribution is 0.0732. The fourth-order valence-corrected chi connectivity index (χ4v) is 3.79. The molecule has 0 radical (unpaired) electrons. The van der Waals surface area contributed by atoms with Gasteiger partial charge in [-0.1, -0.05) is 24.6 Å². The van der Waals surface area contributed by atoms with E-state index in [1.54, 1.807) is 14.2 Å². The van der Waals surface area contributed by atoms with Crippen molar-refractivity contribution in [2.75, 3.05) is 33.9 Å². The molecule has 1 saturated carbocycles. The Morgan fingerprint density at radius 2 is 1.86 bits per heavy atom. The van der Waals surface area contributed by atoms with Crippen molar-refractivity contribution in [1.82, 2.24) is 10.6 Å². The summed E-state index contributed by atoms with van der Waals surface area (Å²) in [5.74, 6) is 1.77. The standard InChI is InChI=1S/C23H33N3O2/c1-4-24-22(26-17-23(10-5-11-23)12-13-27-2)25-16-18-6-7-20-15-21(28-3)9-8-19(20)14-18/h6-9,14-15H,4-5,10-13,16-17H2,1-3H3,(H2,24,25,26). The van der Waals surface area contributed by atoms with Gasteiger partial charge < -0.3 is 20.1 Å². The van der Waals surface area contributed by atoms with E-state index in [4.69, 9.17) is 14.5 Å². The Morgan fingerprint density at radius 1 is 1.07 bits per heavy atom. The molecular formula is C23H33N3O2. The smallest absolute Gasteiger partial charge is 0.191 e. The van der Waals surface area contributed by atoms with Crippen LogP contribution in [-0.4, -0.2) is 39.9 Å². The molecule has 1 fully saturated rings. The topological polar surface area (TPSA) is 54.9 Å². The van der Waals surface area contributed by atoms with Crippen molar-refractivity contribution in [3.8, 4) is 5.75 Å². The van der Waals surface area contributed by atoms with E-state index in [2.05, 4.69) is 47.9 Å². The zero-order valence-corrected chi connectivity index (χ0v) is 17.4. The summed E-state index contributed by atoms with van der Waals surface area (Å²) < 4.78 is 10.6. The van der Waals surface area contributed by atoms with Gasteiger partial charge in [0.05, 0.1) is 13.7 Å². The van der Waals surface area contributed by atoms with Crippen molar-refractivity contribution in [3.05, 3.63) is 42.0 Å². The lowest BCUT2D eigenvalue weighted by Gasteiger charge is -2.42. The van der Waals surface area contributed by atoms with Crippen LogP contribution in [0.15, 0.2) is 41.4 Å². The van der Waals surface area contributed by atoms with Gasteiger partial charge in [-0.3, -0.25) is 0 Å². The molecule has 0 unspecified atom stereocenters. The average Bonchev–Trinajstić information content (AvgIpc) is 2.70. The maximum atomic E-state index is 5.30. The van der Waals surface area contributed by atoms with Gasteiger partial charge in [0.25, 0.3) is 0 Å². The summed E-state index contributed by atoms with van der Waals surface area (Å²) in [6.45, 7) is 5.40. The first kappa shape index (κ1) is 20.5. The van der Waals surface area contributed by atoms with Crippen LogP contribution in [-0.2, 0) is 11.3 Å². The molecule has 2 aromatic rings. The van der Waals surface area contributed by atoms with E-state index in [0.29, 0.717) is 12.0 Å². The number of rotatable bonds is 9. The number of ether oxygens (including phenoxy) is 2.